The maximum Gasteiger partial charge on any atom is 0.249 e. The van der Waals surface area contributed by atoms with Gasteiger partial charge in [-0.05, 0) is 12.7 Å². The zero-order chi connectivity index (χ0) is 11.4. The van der Waals surface area contributed by atoms with Crippen molar-refractivity contribution in [2.24, 2.45) is 0 Å². The second-order valence-corrected chi connectivity index (χ2v) is 4.16. The van der Waals surface area contributed by atoms with E-state index in [1.807, 2.05) is 13.2 Å². The highest BCUT2D eigenvalue weighted by atomic mass is 32.2. The number of rotatable bonds is 3. The van der Waals surface area contributed by atoms with Crippen LogP contribution in [0.2, 0.25) is 0 Å². The van der Waals surface area contributed by atoms with Crippen molar-refractivity contribution in [1.29, 1.82) is 0 Å². The molecule has 1 unspecified atom stereocenters. The predicted molar refractivity (Wildman–Crippen MR) is 57.3 cm³/mol. The number of thioether (sulfide) groups is 1. The van der Waals surface area contributed by atoms with Gasteiger partial charge >= 0.3 is 0 Å². The van der Waals surface area contributed by atoms with Crippen molar-refractivity contribution in [3.63, 3.8) is 0 Å². The molecule has 1 rings (SSSR count). The Bertz CT molecular complexity index is 293. The van der Waals surface area contributed by atoms with E-state index in [4.69, 9.17) is 0 Å². The molecule has 1 atom stereocenters. The van der Waals surface area contributed by atoms with E-state index < -0.39 is 11.9 Å². The highest BCUT2D eigenvalue weighted by Gasteiger charge is 2.34. The lowest BCUT2D eigenvalue weighted by atomic mass is 10.1. The molecule has 0 saturated carbocycles. The smallest absolute Gasteiger partial charge is 0.249 e. The fourth-order valence-corrected chi connectivity index (χ4v) is 1.95. The number of carbonyl (C=O) groups is 3. The summed E-state index contributed by atoms with van der Waals surface area (Å²) in [5, 5.41) is 2.23. The molecule has 3 amide bonds. The minimum absolute atomic E-state index is 0.0103. The van der Waals surface area contributed by atoms with E-state index in [1.54, 1.807) is 0 Å². The number of carbonyl (C=O) groups excluding carboxylic acids is 3. The zero-order valence-electron chi connectivity index (χ0n) is 8.78. The summed E-state index contributed by atoms with van der Waals surface area (Å²) in [4.78, 5) is 35.5. The first-order valence-electron chi connectivity index (χ1n) is 4.72. The SMILES string of the molecule is CCC1C(=O)NC(=O)CN1C(=O)CSC. The number of nitrogens with zero attached hydrogens (tertiary/aromatic N) is 1. The van der Waals surface area contributed by atoms with E-state index in [0.717, 1.165) is 0 Å². The molecule has 0 aromatic heterocycles. The predicted octanol–water partition coefficient (Wildman–Crippen LogP) is -0.387. The molecule has 5 nitrogen and oxygen atoms in total. The third-order valence-corrected chi connectivity index (χ3v) is 2.77. The van der Waals surface area contributed by atoms with Gasteiger partial charge in [0.2, 0.25) is 17.7 Å². The highest BCUT2D eigenvalue weighted by Crippen LogP contribution is 2.11. The molecule has 15 heavy (non-hydrogen) atoms. The van der Waals surface area contributed by atoms with Crippen LogP contribution in [0.15, 0.2) is 0 Å². The Labute approximate surface area is 92.6 Å². The molecule has 6 heteroatoms. The summed E-state index contributed by atoms with van der Waals surface area (Å²) in [7, 11) is 0. The van der Waals surface area contributed by atoms with Gasteiger partial charge in [-0.1, -0.05) is 6.92 Å². The van der Waals surface area contributed by atoms with Gasteiger partial charge < -0.3 is 4.90 Å². The van der Waals surface area contributed by atoms with Crippen LogP contribution < -0.4 is 5.32 Å². The number of nitrogens with one attached hydrogen (secondary N) is 1. The Morgan fingerprint density at radius 2 is 2.27 bits per heavy atom. The molecule has 84 valence electrons. The second kappa shape index (κ2) is 5.16. The van der Waals surface area contributed by atoms with Crippen molar-refractivity contribution in [2.45, 2.75) is 19.4 Å². The lowest BCUT2D eigenvalue weighted by Crippen LogP contribution is -2.59. The Morgan fingerprint density at radius 3 is 2.80 bits per heavy atom. The average molecular weight is 230 g/mol. The van der Waals surface area contributed by atoms with Crippen molar-refractivity contribution in [3.05, 3.63) is 0 Å². The van der Waals surface area contributed by atoms with Gasteiger partial charge in [0.1, 0.15) is 12.6 Å². The molecule has 0 aliphatic carbocycles. The molecule has 0 radical (unpaired) electrons. The van der Waals surface area contributed by atoms with Gasteiger partial charge in [-0.3, -0.25) is 19.7 Å². The Balaban J connectivity index is 2.77. The molecule has 1 heterocycles. The van der Waals surface area contributed by atoms with Crippen molar-refractivity contribution in [1.82, 2.24) is 10.2 Å². The molecule has 0 bridgehead atoms. The monoisotopic (exact) mass is 230 g/mol. The molecule has 1 N–H and O–H groups in total. The van der Waals surface area contributed by atoms with E-state index in [2.05, 4.69) is 5.32 Å². The summed E-state index contributed by atoms with van der Waals surface area (Å²) in [5.74, 6) is -0.628. The van der Waals surface area contributed by atoms with E-state index in [1.165, 1.54) is 16.7 Å². The quantitative estimate of drug-likeness (QED) is 0.671. The number of amides is 3. The zero-order valence-corrected chi connectivity index (χ0v) is 9.60. The van der Waals surface area contributed by atoms with Gasteiger partial charge in [-0.15, -0.1) is 0 Å². The van der Waals surface area contributed by atoms with E-state index >= 15 is 0 Å². The van der Waals surface area contributed by atoms with Crippen LogP contribution in [0.25, 0.3) is 0 Å². The first-order chi connectivity index (χ1) is 7.10. The van der Waals surface area contributed by atoms with Crippen LogP contribution in [0.5, 0.6) is 0 Å². The summed E-state index contributed by atoms with van der Waals surface area (Å²) in [6.07, 6.45) is 2.34. The highest BCUT2D eigenvalue weighted by molar-refractivity contribution is 7.99. The van der Waals surface area contributed by atoms with E-state index in [0.29, 0.717) is 12.2 Å². The van der Waals surface area contributed by atoms with Crippen LogP contribution in [-0.2, 0) is 14.4 Å². The molecule has 1 saturated heterocycles. The molecule has 1 aliphatic heterocycles. The van der Waals surface area contributed by atoms with Gasteiger partial charge in [0.05, 0.1) is 5.75 Å². The number of hydrogen-bond donors (Lipinski definition) is 1. The van der Waals surface area contributed by atoms with E-state index in [-0.39, 0.29) is 18.4 Å². The first kappa shape index (κ1) is 12.0. The number of hydrogen-bond acceptors (Lipinski definition) is 4. The van der Waals surface area contributed by atoms with E-state index in [9.17, 15) is 14.4 Å². The normalized spacial score (nSPS) is 21.5. The second-order valence-electron chi connectivity index (χ2n) is 3.29. The van der Waals surface area contributed by atoms with Gasteiger partial charge in [-0.25, -0.2) is 0 Å². The molecule has 1 aliphatic rings. The van der Waals surface area contributed by atoms with Gasteiger partial charge in [0, 0.05) is 0 Å². The molecule has 0 spiro atoms. The molecular formula is C9H14N2O3S. The summed E-state index contributed by atoms with van der Waals surface area (Å²) < 4.78 is 0. The summed E-state index contributed by atoms with van der Waals surface area (Å²) in [6, 6.07) is -0.498. The van der Waals surface area contributed by atoms with Gasteiger partial charge in [0.15, 0.2) is 0 Å². The van der Waals surface area contributed by atoms with Crippen molar-refractivity contribution >= 4 is 29.5 Å². The maximum absolute atomic E-state index is 11.6. The minimum Gasteiger partial charge on any atom is -0.321 e. The van der Waals surface area contributed by atoms with Crippen LogP contribution in [0.3, 0.4) is 0 Å². The summed E-state index contributed by atoms with van der Waals surface area (Å²) >= 11 is 1.38. The minimum atomic E-state index is -0.498. The summed E-state index contributed by atoms with van der Waals surface area (Å²) in [5.41, 5.74) is 0. The van der Waals surface area contributed by atoms with Crippen LogP contribution in [0, 0.1) is 0 Å². The largest absolute Gasteiger partial charge is 0.321 e. The van der Waals surface area contributed by atoms with Gasteiger partial charge in [-0.2, -0.15) is 11.8 Å². The van der Waals surface area contributed by atoms with Crippen molar-refractivity contribution in [3.8, 4) is 0 Å². The van der Waals surface area contributed by atoms with Crippen LogP contribution in [0.1, 0.15) is 13.3 Å². The molecular weight excluding hydrogens is 216 g/mol. The number of piperazine rings is 1. The fourth-order valence-electron chi connectivity index (χ4n) is 1.54. The van der Waals surface area contributed by atoms with Gasteiger partial charge in [0.25, 0.3) is 0 Å². The number of imide groups is 1. The maximum atomic E-state index is 11.6. The molecule has 0 aromatic rings. The lowest BCUT2D eigenvalue weighted by molar-refractivity contribution is -0.148. The first-order valence-corrected chi connectivity index (χ1v) is 6.11. The van der Waals surface area contributed by atoms with Crippen LogP contribution >= 0.6 is 11.8 Å². The van der Waals surface area contributed by atoms with Crippen molar-refractivity contribution < 1.29 is 14.4 Å². The topological polar surface area (TPSA) is 66.5 Å². The molecule has 0 aromatic carbocycles. The average Bonchev–Trinajstić information content (AvgIpc) is 2.17. The Morgan fingerprint density at radius 1 is 1.60 bits per heavy atom. The van der Waals surface area contributed by atoms with Crippen LogP contribution in [0.4, 0.5) is 0 Å². The summed E-state index contributed by atoms with van der Waals surface area (Å²) in [6.45, 7) is 1.81. The van der Waals surface area contributed by atoms with Crippen LogP contribution in [-0.4, -0.2) is 47.2 Å². The Kier molecular flexibility index (Phi) is 4.14. The lowest BCUT2D eigenvalue weighted by Gasteiger charge is -2.33. The fraction of sp³-hybridized carbons (Fsp3) is 0.667. The van der Waals surface area contributed by atoms with Crippen molar-refractivity contribution in [2.75, 3.05) is 18.6 Å². The third kappa shape index (κ3) is 2.71. The standard InChI is InChI=1S/C9H14N2O3S/c1-3-6-9(14)10-7(12)4-11(6)8(13)5-15-2/h6H,3-5H2,1-2H3,(H,10,12,14). The molecule has 1 fully saturated rings. The Hall–Kier alpha value is -1.04. The third-order valence-electron chi connectivity index (χ3n) is 2.23.